The number of hydrogen-bond donors (Lipinski definition) is 1. The predicted octanol–water partition coefficient (Wildman–Crippen LogP) is 1.43. The number of carbonyl (C=O) groups is 1. The first kappa shape index (κ1) is 10.9. The molecule has 0 saturated carbocycles. The van der Waals surface area contributed by atoms with Crippen LogP contribution in [0.25, 0.3) is 0 Å². The molecule has 0 heterocycles. The molecule has 0 aromatic heterocycles. The van der Waals surface area contributed by atoms with Crippen molar-refractivity contribution in [3.05, 3.63) is 12.3 Å². The van der Waals surface area contributed by atoms with Crippen LogP contribution in [0.4, 0.5) is 0 Å². The van der Waals surface area contributed by atoms with Crippen LogP contribution in [0.1, 0.15) is 13.8 Å². The molecule has 0 aromatic rings. The van der Waals surface area contributed by atoms with E-state index in [1.807, 2.05) is 22.9 Å². The first-order chi connectivity index (χ1) is 4.95. The molecule has 0 amide bonds. The molecule has 0 aliphatic rings. The fraction of sp³-hybridized carbons (Fsp3) is 0.571. The molecule has 0 radical (unpaired) electrons. The highest BCUT2D eigenvalue weighted by molar-refractivity contribution is 14.1. The summed E-state index contributed by atoms with van der Waals surface area (Å²) in [5.74, 6) is -0.130. The quantitative estimate of drug-likeness (QED) is 0.476. The number of nitrogens with one attached hydrogen (secondary N) is 1. The molecule has 0 atom stereocenters. The maximum absolute atomic E-state index is 11.3. The van der Waals surface area contributed by atoms with Crippen LogP contribution in [0.15, 0.2) is 12.3 Å². The van der Waals surface area contributed by atoms with Crippen molar-refractivity contribution < 1.29 is 9.53 Å². The Hall–Kier alpha value is -0.100. The van der Waals surface area contributed by atoms with Gasteiger partial charge in [0.1, 0.15) is 5.60 Å². The second kappa shape index (κ2) is 4.06. The highest BCUT2D eigenvalue weighted by Crippen LogP contribution is 2.12. The largest absolute Gasteiger partial charge is 0.371 e. The van der Waals surface area contributed by atoms with E-state index in [1.54, 1.807) is 13.8 Å². The SMILES string of the molecule is C=C(NI)C(=O)C(C)(C)OC. The molecule has 0 saturated heterocycles. The Kier molecular flexibility index (Phi) is 4.02. The number of halogens is 1. The Morgan fingerprint density at radius 3 is 2.36 bits per heavy atom. The number of carbonyl (C=O) groups excluding carboxylic acids is 1. The second-order valence-corrected chi connectivity index (χ2v) is 3.16. The standard InChI is InChI=1S/C7H12INO2/c1-5(9-8)6(10)7(2,3)11-4/h9H,1H2,2-4H3. The molecule has 1 N–H and O–H groups in total. The average Bonchev–Trinajstić information content (AvgIpc) is 2.01. The lowest BCUT2D eigenvalue weighted by atomic mass is 10.0. The zero-order valence-electron chi connectivity index (χ0n) is 6.90. The van der Waals surface area contributed by atoms with Gasteiger partial charge in [0.2, 0.25) is 5.78 Å². The summed E-state index contributed by atoms with van der Waals surface area (Å²) in [6.07, 6.45) is 0. The summed E-state index contributed by atoms with van der Waals surface area (Å²) in [7, 11) is 1.50. The van der Waals surface area contributed by atoms with E-state index in [2.05, 4.69) is 10.1 Å². The normalized spacial score (nSPS) is 10.9. The van der Waals surface area contributed by atoms with E-state index in [1.165, 1.54) is 7.11 Å². The molecule has 0 spiro atoms. The van der Waals surface area contributed by atoms with Crippen molar-refractivity contribution in [3.8, 4) is 0 Å². The lowest BCUT2D eigenvalue weighted by Gasteiger charge is -2.21. The summed E-state index contributed by atoms with van der Waals surface area (Å²) in [5.41, 5.74) is -0.424. The molecule has 0 fully saturated rings. The number of rotatable bonds is 4. The van der Waals surface area contributed by atoms with Crippen LogP contribution in [0, 0.1) is 0 Å². The fourth-order valence-corrected chi connectivity index (χ4v) is 0.744. The molecule has 0 unspecified atom stereocenters. The molecule has 0 bridgehead atoms. The number of ketones is 1. The van der Waals surface area contributed by atoms with E-state index in [0.29, 0.717) is 5.70 Å². The van der Waals surface area contributed by atoms with Gasteiger partial charge >= 0.3 is 0 Å². The second-order valence-electron chi connectivity index (χ2n) is 2.62. The molecular weight excluding hydrogens is 257 g/mol. The van der Waals surface area contributed by atoms with Gasteiger partial charge in [-0.25, -0.2) is 0 Å². The van der Waals surface area contributed by atoms with Gasteiger partial charge in [-0.2, -0.15) is 0 Å². The fourth-order valence-electron chi connectivity index (χ4n) is 0.499. The van der Waals surface area contributed by atoms with Gasteiger partial charge in [0.25, 0.3) is 0 Å². The number of Topliss-reactive ketones (excluding diaryl/α,β-unsaturated/α-hetero) is 1. The topological polar surface area (TPSA) is 38.3 Å². The van der Waals surface area contributed by atoms with Crippen LogP contribution in [-0.4, -0.2) is 18.5 Å². The molecule has 3 nitrogen and oxygen atoms in total. The minimum absolute atomic E-state index is 0.130. The van der Waals surface area contributed by atoms with Crippen molar-refractivity contribution in [1.82, 2.24) is 3.53 Å². The maximum Gasteiger partial charge on any atom is 0.209 e. The molecule has 0 aliphatic heterocycles. The van der Waals surface area contributed by atoms with Crippen LogP contribution in [0.2, 0.25) is 0 Å². The van der Waals surface area contributed by atoms with Crippen LogP contribution in [0.3, 0.4) is 0 Å². The van der Waals surface area contributed by atoms with Crippen LogP contribution in [-0.2, 0) is 9.53 Å². The van der Waals surface area contributed by atoms with Gasteiger partial charge < -0.3 is 8.27 Å². The van der Waals surface area contributed by atoms with E-state index in [4.69, 9.17) is 4.74 Å². The van der Waals surface area contributed by atoms with Crippen molar-refractivity contribution in [2.24, 2.45) is 0 Å². The summed E-state index contributed by atoms with van der Waals surface area (Å²) in [4.78, 5) is 11.3. The lowest BCUT2D eigenvalue weighted by molar-refractivity contribution is -0.133. The van der Waals surface area contributed by atoms with Gasteiger partial charge in [-0.1, -0.05) is 6.58 Å². The van der Waals surface area contributed by atoms with Crippen LogP contribution < -0.4 is 3.53 Å². The van der Waals surface area contributed by atoms with E-state index < -0.39 is 5.60 Å². The van der Waals surface area contributed by atoms with Crippen molar-refractivity contribution in [1.29, 1.82) is 0 Å². The smallest absolute Gasteiger partial charge is 0.209 e. The van der Waals surface area contributed by atoms with Gasteiger partial charge in [0, 0.05) is 7.11 Å². The Bertz CT molecular complexity index is 177. The van der Waals surface area contributed by atoms with Crippen molar-refractivity contribution in [2.75, 3.05) is 7.11 Å². The Labute approximate surface area is 80.7 Å². The van der Waals surface area contributed by atoms with Crippen molar-refractivity contribution >= 4 is 28.6 Å². The van der Waals surface area contributed by atoms with Gasteiger partial charge in [0.05, 0.1) is 28.6 Å². The van der Waals surface area contributed by atoms with Crippen molar-refractivity contribution in [2.45, 2.75) is 19.4 Å². The summed E-state index contributed by atoms with van der Waals surface area (Å²) in [6, 6.07) is 0. The zero-order chi connectivity index (χ0) is 9.07. The first-order valence-corrected chi connectivity index (χ1v) is 4.19. The van der Waals surface area contributed by atoms with Crippen LogP contribution >= 0.6 is 22.9 Å². The molecule has 64 valence electrons. The summed E-state index contributed by atoms with van der Waals surface area (Å²) >= 11 is 1.86. The summed E-state index contributed by atoms with van der Waals surface area (Å²) in [5, 5.41) is 0. The third-order valence-corrected chi connectivity index (χ3v) is 2.10. The molecule has 4 heteroatoms. The first-order valence-electron chi connectivity index (χ1n) is 3.11. The predicted molar refractivity (Wildman–Crippen MR) is 52.4 cm³/mol. The highest BCUT2D eigenvalue weighted by Gasteiger charge is 2.28. The summed E-state index contributed by atoms with van der Waals surface area (Å²) in [6.45, 7) is 6.94. The molecule has 11 heavy (non-hydrogen) atoms. The van der Waals surface area contributed by atoms with E-state index in [0.717, 1.165) is 0 Å². The summed E-state index contributed by atoms with van der Waals surface area (Å²) < 4.78 is 7.62. The van der Waals surface area contributed by atoms with Crippen LogP contribution in [0.5, 0.6) is 0 Å². The highest BCUT2D eigenvalue weighted by atomic mass is 127. The molecular formula is C7H12INO2. The minimum atomic E-state index is -0.782. The Morgan fingerprint density at radius 2 is 2.09 bits per heavy atom. The van der Waals surface area contributed by atoms with Gasteiger partial charge in [0.15, 0.2) is 0 Å². The Morgan fingerprint density at radius 1 is 1.64 bits per heavy atom. The van der Waals surface area contributed by atoms with Gasteiger partial charge in [-0.15, -0.1) is 0 Å². The Balaban J connectivity index is 4.36. The maximum atomic E-state index is 11.3. The number of hydrogen-bond acceptors (Lipinski definition) is 3. The third kappa shape index (κ3) is 2.78. The van der Waals surface area contributed by atoms with E-state index in [-0.39, 0.29) is 5.78 Å². The average molecular weight is 269 g/mol. The van der Waals surface area contributed by atoms with Crippen molar-refractivity contribution in [3.63, 3.8) is 0 Å². The minimum Gasteiger partial charge on any atom is -0.371 e. The zero-order valence-corrected chi connectivity index (χ0v) is 9.06. The molecule has 0 rings (SSSR count). The van der Waals surface area contributed by atoms with E-state index >= 15 is 0 Å². The van der Waals surface area contributed by atoms with Gasteiger partial charge in [-0.3, -0.25) is 4.79 Å². The lowest BCUT2D eigenvalue weighted by Crippen LogP contribution is -2.36. The van der Waals surface area contributed by atoms with E-state index in [9.17, 15) is 4.79 Å². The molecule has 0 aliphatic carbocycles. The number of methoxy groups -OCH3 is 1. The molecule has 0 aromatic carbocycles. The van der Waals surface area contributed by atoms with Gasteiger partial charge in [-0.05, 0) is 13.8 Å². The number of ether oxygens (including phenoxy) is 1. The third-order valence-electron chi connectivity index (χ3n) is 1.45. The monoisotopic (exact) mass is 269 g/mol.